The molecule has 1 aliphatic heterocycles. The van der Waals surface area contributed by atoms with Crippen LogP contribution in [0.25, 0.3) is 0 Å². The molecule has 0 aliphatic carbocycles. The number of aliphatic hydroxyl groups is 1. The average molecular weight is 429 g/mol. The first-order valence-electron chi connectivity index (χ1n) is 9.58. The van der Waals surface area contributed by atoms with Gasteiger partial charge >= 0.3 is 12.1 Å². The number of ether oxygens (including phenoxy) is 4. The monoisotopic (exact) mass is 429 g/mol. The summed E-state index contributed by atoms with van der Waals surface area (Å²) >= 11 is 0. The highest BCUT2D eigenvalue weighted by Gasteiger charge is 2.23. The van der Waals surface area contributed by atoms with Crippen molar-refractivity contribution in [1.29, 1.82) is 0 Å². The lowest BCUT2D eigenvalue weighted by Gasteiger charge is -2.23. The fraction of sp³-hybridized carbons (Fsp3) is 0.273. The van der Waals surface area contributed by atoms with Crippen LogP contribution in [0.4, 0.5) is 10.5 Å². The molecule has 3 rings (SSSR count). The summed E-state index contributed by atoms with van der Waals surface area (Å²) in [5.74, 6) is 0.0395. The predicted octanol–water partition coefficient (Wildman–Crippen LogP) is 3.35. The lowest BCUT2D eigenvalue weighted by Crippen LogP contribution is -2.21. The van der Waals surface area contributed by atoms with Crippen LogP contribution in [0.15, 0.2) is 54.6 Å². The van der Waals surface area contributed by atoms with Gasteiger partial charge < -0.3 is 29.2 Å². The number of carboxylic acids is 1. The van der Waals surface area contributed by atoms with Gasteiger partial charge in [-0.2, -0.15) is 0 Å². The highest BCUT2D eigenvalue weighted by Crippen LogP contribution is 2.35. The summed E-state index contributed by atoms with van der Waals surface area (Å²) in [5.41, 5.74) is 1.07. The van der Waals surface area contributed by atoms with Gasteiger partial charge in [-0.15, -0.1) is 0 Å². The zero-order valence-electron chi connectivity index (χ0n) is 16.8. The molecular formula is C22H23NO8. The van der Waals surface area contributed by atoms with Crippen molar-refractivity contribution in [1.82, 2.24) is 0 Å². The second-order valence-electron chi connectivity index (χ2n) is 6.72. The van der Waals surface area contributed by atoms with E-state index in [4.69, 9.17) is 29.2 Å². The van der Waals surface area contributed by atoms with Crippen LogP contribution in [-0.4, -0.2) is 42.3 Å². The maximum atomic E-state index is 12.6. The van der Waals surface area contributed by atoms with Crippen LogP contribution in [-0.2, 0) is 9.53 Å². The number of aliphatic carboxylic acids is 1. The Balaban J connectivity index is 1.77. The van der Waals surface area contributed by atoms with E-state index in [1.54, 1.807) is 49.4 Å². The Morgan fingerprint density at radius 1 is 1.19 bits per heavy atom. The van der Waals surface area contributed by atoms with Crippen molar-refractivity contribution in [2.75, 3.05) is 25.3 Å². The number of hydrogen-bond donors (Lipinski definition) is 3. The van der Waals surface area contributed by atoms with Gasteiger partial charge in [0, 0.05) is 23.7 Å². The third-order valence-electron chi connectivity index (χ3n) is 4.42. The highest BCUT2D eigenvalue weighted by atomic mass is 16.7. The number of amides is 1. The minimum absolute atomic E-state index is 0.118. The van der Waals surface area contributed by atoms with Crippen molar-refractivity contribution in [3.63, 3.8) is 0 Å². The smallest absolute Gasteiger partial charge is 0.412 e. The molecule has 2 aromatic carbocycles. The van der Waals surface area contributed by atoms with Crippen molar-refractivity contribution in [2.45, 2.75) is 13.0 Å². The van der Waals surface area contributed by atoms with Crippen molar-refractivity contribution >= 4 is 17.7 Å². The van der Waals surface area contributed by atoms with Crippen LogP contribution >= 0.6 is 0 Å². The van der Waals surface area contributed by atoms with E-state index in [0.29, 0.717) is 28.5 Å². The second kappa shape index (κ2) is 10.4. The minimum atomic E-state index is -1.10. The second-order valence-corrected chi connectivity index (χ2v) is 6.72. The maximum absolute atomic E-state index is 12.6. The lowest BCUT2D eigenvalue weighted by molar-refractivity contribution is -0.131. The predicted molar refractivity (Wildman–Crippen MR) is 110 cm³/mol. The van der Waals surface area contributed by atoms with Gasteiger partial charge in [-0.1, -0.05) is 25.1 Å². The molecule has 2 aromatic rings. The summed E-state index contributed by atoms with van der Waals surface area (Å²) in [7, 11) is 0. The van der Waals surface area contributed by atoms with Gasteiger partial charge in [0.05, 0.1) is 6.61 Å². The van der Waals surface area contributed by atoms with E-state index in [2.05, 4.69) is 5.32 Å². The van der Waals surface area contributed by atoms with Crippen LogP contribution in [0, 0.1) is 5.92 Å². The lowest BCUT2D eigenvalue weighted by atomic mass is 9.96. The summed E-state index contributed by atoms with van der Waals surface area (Å²) < 4.78 is 21.6. The molecule has 164 valence electrons. The van der Waals surface area contributed by atoms with Gasteiger partial charge in [0.1, 0.15) is 18.5 Å². The van der Waals surface area contributed by atoms with Gasteiger partial charge in [0.2, 0.25) is 6.79 Å². The number of carbonyl (C=O) groups is 2. The van der Waals surface area contributed by atoms with Gasteiger partial charge in [0.25, 0.3) is 0 Å². The Hall–Kier alpha value is -3.72. The van der Waals surface area contributed by atoms with Gasteiger partial charge in [0.15, 0.2) is 11.5 Å². The first-order chi connectivity index (χ1) is 15.0. The van der Waals surface area contributed by atoms with Crippen LogP contribution in [0.3, 0.4) is 0 Å². The number of hydrogen-bond acceptors (Lipinski definition) is 7. The van der Waals surface area contributed by atoms with E-state index in [-0.39, 0.29) is 20.0 Å². The Labute approximate surface area is 178 Å². The number of fused-ring (bicyclic) bond motifs is 1. The number of rotatable bonds is 9. The molecule has 2 atom stereocenters. The molecule has 0 saturated heterocycles. The van der Waals surface area contributed by atoms with E-state index >= 15 is 0 Å². The molecule has 0 bridgehead atoms. The Bertz CT molecular complexity index is 958. The normalized spacial score (nSPS) is 14.1. The summed E-state index contributed by atoms with van der Waals surface area (Å²) in [4.78, 5) is 23.5. The van der Waals surface area contributed by atoms with Crippen LogP contribution in [0.2, 0.25) is 0 Å². The van der Waals surface area contributed by atoms with Gasteiger partial charge in [-0.3, -0.25) is 5.32 Å². The molecule has 0 fully saturated rings. The third kappa shape index (κ3) is 6.13. The number of nitrogens with one attached hydrogen (secondary N) is 1. The molecule has 1 heterocycles. The summed E-state index contributed by atoms with van der Waals surface area (Å²) in [5, 5.41) is 20.5. The molecule has 0 aromatic heterocycles. The molecule has 0 saturated carbocycles. The first kappa shape index (κ1) is 22.0. The van der Waals surface area contributed by atoms with E-state index in [0.717, 1.165) is 6.08 Å². The number of carboxylic acid groups (broad SMARTS) is 1. The van der Waals surface area contributed by atoms with Crippen LogP contribution in [0.5, 0.6) is 17.2 Å². The fourth-order valence-electron chi connectivity index (χ4n) is 3.00. The molecular weight excluding hydrogens is 406 g/mol. The molecule has 1 aliphatic rings. The van der Waals surface area contributed by atoms with E-state index in [1.165, 1.54) is 6.08 Å². The molecule has 9 heteroatoms. The zero-order chi connectivity index (χ0) is 22.2. The quantitative estimate of drug-likeness (QED) is 0.519. The van der Waals surface area contributed by atoms with Crippen molar-refractivity contribution in [3.05, 3.63) is 60.2 Å². The van der Waals surface area contributed by atoms with Gasteiger partial charge in [-0.05, 0) is 29.8 Å². The van der Waals surface area contributed by atoms with Crippen molar-refractivity contribution in [3.8, 4) is 17.2 Å². The fourth-order valence-corrected chi connectivity index (χ4v) is 3.00. The molecule has 31 heavy (non-hydrogen) atoms. The molecule has 0 radical (unpaired) electrons. The number of aliphatic hydroxyl groups excluding tert-OH is 1. The highest BCUT2D eigenvalue weighted by molar-refractivity contribution is 5.85. The molecule has 9 nitrogen and oxygen atoms in total. The standard InChI is InChI=1S/C22H23NO8/c1-14(5-8-20(25)26)21(15-3-2-4-17(11-15)28-10-9-24)31-22(27)23-16-6-7-18-19(12-16)30-13-29-18/h2-8,11-12,14,21,24H,9-10,13H2,1H3,(H,23,27)(H,25,26)/b8-5+/t14-,21-/m1/s1. The number of anilines is 1. The molecule has 0 unspecified atom stereocenters. The third-order valence-corrected chi connectivity index (χ3v) is 4.42. The molecule has 1 amide bonds. The largest absolute Gasteiger partial charge is 0.491 e. The molecule has 3 N–H and O–H groups in total. The van der Waals surface area contributed by atoms with Crippen molar-refractivity contribution in [2.24, 2.45) is 5.92 Å². The Morgan fingerprint density at radius 2 is 2.00 bits per heavy atom. The topological polar surface area (TPSA) is 124 Å². The minimum Gasteiger partial charge on any atom is -0.491 e. The van der Waals surface area contributed by atoms with Crippen LogP contribution < -0.4 is 19.5 Å². The zero-order valence-corrected chi connectivity index (χ0v) is 16.8. The number of benzene rings is 2. The van der Waals surface area contributed by atoms with E-state index < -0.39 is 24.1 Å². The first-order valence-corrected chi connectivity index (χ1v) is 9.58. The van der Waals surface area contributed by atoms with Crippen LogP contribution in [0.1, 0.15) is 18.6 Å². The molecule has 0 spiro atoms. The Kier molecular flexibility index (Phi) is 7.34. The average Bonchev–Trinajstić information content (AvgIpc) is 3.22. The Morgan fingerprint density at radius 3 is 2.77 bits per heavy atom. The van der Waals surface area contributed by atoms with Crippen molar-refractivity contribution < 1.29 is 38.7 Å². The maximum Gasteiger partial charge on any atom is 0.412 e. The number of carbonyl (C=O) groups excluding carboxylic acids is 1. The summed E-state index contributed by atoms with van der Waals surface area (Å²) in [6.45, 7) is 1.83. The summed E-state index contributed by atoms with van der Waals surface area (Å²) in [6.07, 6.45) is 0.939. The van der Waals surface area contributed by atoms with Gasteiger partial charge in [-0.25, -0.2) is 9.59 Å². The van der Waals surface area contributed by atoms with E-state index in [1.807, 2.05) is 0 Å². The van der Waals surface area contributed by atoms with E-state index in [9.17, 15) is 9.59 Å². The summed E-state index contributed by atoms with van der Waals surface area (Å²) in [6, 6.07) is 11.8. The SMILES string of the molecule is C[C@H](/C=C/C(=O)O)[C@@H](OC(=O)Nc1ccc2c(c1)OCO2)c1cccc(OCCO)c1.